The van der Waals surface area contributed by atoms with E-state index in [1.54, 1.807) is 26.2 Å². The zero-order valence-electron chi connectivity index (χ0n) is 41.4. The van der Waals surface area contributed by atoms with E-state index in [1.165, 1.54) is 12.1 Å². The molecule has 8 rings (SSSR count). The Bertz CT molecular complexity index is 2240. The first-order chi connectivity index (χ1) is 33.4. The number of benzene rings is 2. The molecule has 4 N–H and O–H groups in total. The van der Waals surface area contributed by atoms with Crippen LogP contribution in [-0.2, 0) is 49.8 Å². The standard InChI is InChI=1S/C54H76F2N8O5/c1-35(57-3)51(65)59-49(37-13-7-5-8-14-37)53(67)63-23-11-17-43(63)29-39-33-61(47-31-41(55)19-21-45(39)47)25-27-69-28-26-62-34-40(46-22-20-42(56)32-48(46)62)30-44-18-12-24-64(44)54(68)50(38-15-9-6-10-16-38)60-52(66)36(2)58-4/h19-22,31-38,43-44,49-50,57-58H,5-18,23-30H2,1-4H3,(H,59,65)(H,60,66)/t35-,36-,43-,44-,49-,50-/m0/s1. The Hall–Kier alpha value is -4.86. The summed E-state index contributed by atoms with van der Waals surface area (Å²) in [5.41, 5.74) is 3.64. The van der Waals surface area contributed by atoms with Gasteiger partial charge in [0.15, 0.2) is 0 Å². The maximum atomic E-state index is 14.8. The van der Waals surface area contributed by atoms with Crippen molar-refractivity contribution < 1.29 is 32.7 Å². The third-order valence-electron chi connectivity index (χ3n) is 16.1. The number of fused-ring (bicyclic) bond motifs is 2. The molecule has 0 spiro atoms. The molecule has 4 heterocycles. The number of likely N-dealkylation sites (N-methyl/N-ethyl adjacent to an activating group) is 2. The lowest BCUT2D eigenvalue weighted by atomic mass is 9.83. The number of hydrogen-bond acceptors (Lipinski definition) is 7. The number of hydrogen-bond donors (Lipinski definition) is 4. The third-order valence-corrected chi connectivity index (χ3v) is 16.1. The van der Waals surface area contributed by atoms with Crippen LogP contribution in [0, 0.1) is 23.5 Å². The van der Waals surface area contributed by atoms with Gasteiger partial charge in [-0.15, -0.1) is 0 Å². The van der Waals surface area contributed by atoms with E-state index < -0.39 is 24.2 Å². The van der Waals surface area contributed by atoms with Gasteiger partial charge in [-0.2, -0.15) is 0 Å². The second-order valence-corrected chi connectivity index (χ2v) is 20.5. The van der Waals surface area contributed by atoms with Crippen LogP contribution in [0.1, 0.15) is 115 Å². The summed E-state index contributed by atoms with van der Waals surface area (Å²) < 4.78 is 40.0. The lowest BCUT2D eigenvalue weighted by Gasteiger charge is -2.35. The molecule has 15 heteroatoms. The van der Waals surface area contributed by atoms with Crippen LogP contribution >= 0.6 is 0 Å². The van der Waals surface area contributed by atoms with E-state index in [0.29, 0.717) is 52.2 Å². The maximum Gasteiger partial charge on any atom is 0.245 e. The fourth-order valence-corrected chi connectivity index (χ4v) is 11.9. The highest BCUT2D eigenvalue weighted by Gasteiger charge is 2.41. The van der Waals surface area contributed by atoms with Crippen molar-refractivity contribution in [1.29, 1.82) is 0 Å². The fraction of sp³-hybridized carbons (Fsp3) is 0.630. The minimum Gasteiger partial charge on any atom is -0.378 e. The molecule has 6 atom stereocenters. The van der Waals surface area contributed by atoms with Crippen molar-refractivity contribution in [1.82, 2.24) is 40.2 Å². The normalized spacial score (nSPS) is 21.2. The van der Waals surface area contributed by atoms with Gasteiger partial charge in [0, 0.05) is 61.4 Å². The Morgan fingerprint density at radius 3 is 1.39 bits per heavy atom. The zero-order chi connectivity index (χ0) is 48.6. The van der Waals surface area contributed by atoms with E-state index >= 15 is 0 Å². The molecule has 2 aromatic carbocycles. The highest BCUT2D eigenvalue weighted by atomic mass is 19.1. The average molecular weight is 955 g/mol. The van der Waals surface area contributed by atoms with Crippen molar-refractivity contribution in [3.05, 3.63) is 71.6 Å². The molecule has 2 saturated carbocycles. The molecule has 0 bridgehead atoms. The molecular formula is C54H76F2N8O5. The molecule has 4 aromatic rings. The number of nitrogens with one attached hydrogen (secondary N) is 4. The minimum absolute atomic E-state index is 0.00507. The van der Waals surface area contributed by atoms with Crippen molar-refractivity contribution in [2.75, 3.05) is 40.4 Å². The maximum absolute atomic E-state index is 14.8. The number of rotatable bonds is 20. The number of amides is 4. The molecule has 0 unspecified atom stereocenters. The van der Waals surface area contributed by atoms with Crippen LogP contribution in [0.4, 0.5) is 8.78 Å². The number of halogens is 2. The molecule has 4 fully saturated rings. The number of carbonyl (C=O) groups excluding carboxylic acids is 4. The summed E-state index contributed by atoms with van der Waals surface area (Å²) in [5, 5.41) is 14.2. The Kier molecular flexibility index (Phi) is 17.1. The van der Waals surface area contributed by atoms with Gasteiger partial charge in [0.05, 0.1) is 36.3 Å². The minimum atomic E-state index is -0.553. The molecule has 376 valence electrons. The van der Waals surface area contributed by atoms with Crippen molar-refractivity contribution in [3.63, 3.8) is 0 Å². The van der Waals surface area contributed by atoms with Crippen molar-refractivity contribution in [2.24, 2.45) is 11.8 Å². The lowest BCUT2D eigenvalue weighted by molar-refractivity contribution is -0.139. The first-order valence-corrected chi connectivity index (χ1v) is 26.1. The molecule has 2 aliphatic carbocycles. The number of aromatic nitrogens is 2. The summed E-state index contributed by atoms with van der Waals surface area (Å²) in [6, 6.07) is 7.77. The van der Waals surface area contributed by atoms with Crippen LogP contribution in [-0.4, -0.2) is 119 Å². The van der Waals surface area contributed by atoms with Crippen LogP contribution in [0.5, 0.6) is 0 Å². The Morgan fingerprint density at radius 2 is 1.00 bits per heavy atom. The first kappa shape index (κ1) is 50.5. The monoisotopic (exact) mass is 955 g/mol. The molecule has 13 nitrogen and oxygen atoms in total. The van der Waals surface area contributed by atoms with Crippen molar-refractivity contribution >= 4 is 45.4 Å². The summed E-state index contributed by atoms with van der Waals surface area (Å²) in [6.45, 7) is 6.62. The van der Waals surface area contributed by atoms with Crippen LogP contribution in [0.15, 0.2) is 48.8 Å². The van der Waals surface area contributed by atoms with Gasteiger partial charge in [0.2, 0.25) is 23.6 Å². The quantitative estimate of drug-likeness (QED) is 0.0700. The number of carbonyl (C=O) groups is 4. The zero-order valence-corrected chi connectivity index (χ0v) is 41.4. The van der Waals surface area contributed by atoms with Gasteiger partial charge in [-0.1, -0.05) is 38.5 Å². The van der Waals surface area contributed by atoms with Crippen molar-refractivity contribution in [2.45, 2.75) is 166 Å². The van der Waals surface area contributed by atoms with E-state index in [9.17, 15) is 28.0 Å². The Labute approximate surface area is 406 Å². The molecule has 4 amide bonds. The average Bonchev–Trinajstić information content (AvgIpc) is 4.18. The molecule has 2 aromatic heterocycles. The molecule has 69 heavy (non-hydrogen) atoms. The molecule has 2 aliphatic heterocycles. The van der Waals surface area contributed by atoms with E-state index in [2.05, 4.69) is 33.7 Å². The lowest BCUT2D eigenvalue weighted by Crippen LogP contribution is -2.56. The van der Waals surface area contributed by atoms with Crippen molar-refractivity contribution in [3.8, 4) is 0 Å². The second kappa shape index (κ2) is 23.4. The topological polar surface area (TPSA) is 142 Å². The van der Waals surface area contributed by atoms with E-state index in [1.807, 2.05) is 44.9 Å². The van der Waals surface area contributed by atoms with Gasteiger partial charge in [0.25, 0.3) is 0 Å². The number of ether oxygens (including phenoxy) is 1. The van der Waals surface area contributed by atoms with E-state index in [-0.39, 0.29) is 59.2 Å². The number of likely N-dealkylation sites (tertiary alicyclic amines) is 2. The highest BCUT2D eigenvalue weighted by molar-refractivity contribution is 5.91. The second-order valence-electron chi connectivity index (χ2n) is 20.5. The smallest absolute Gasteiger partial charge is 0.245 e. The SMILES string of the molecule is CN[C@@H](C)C(=O)N[C@H](C(=O)N1CCC[C@H]1Cc1cn(CCOCCn2cc(C[C@@H]3CCCN3C(=O)[C@@H](NC(=O)[C@H](C)NC)C3CCCCC3)c3ccc(F)cc32)c2cc(F)ccc12)C1CCCCC1. The van der Waals surface area contributed by atoms with Gasteiger partial charge in [-0.05, 0) is 152 Å². The highest BCUT2D eigenvalue weighted by Crippen LogP contribution is 2.34. The molecule has 4 aliphatic rings. The van der Waals surface area contributed by atoms with E-state index in [0.717, 1.165) is 123 Å². The van der Waals surface area contributed by atoms with Crippen LogP contribution < -0.4 is 21.3 Å². The summed E-state index contributed by atoms with van der Waals surface area (Å²) in [6.07, 6.45) is 19.1. The summed E-state index contributed by atoms with van der Waals surface area (Å²) in [4.78, 5) is 59.1. The Morgan fingerprint density at radius 1 is 0.594 bits per heavy atom. The summed E-state index contributed by atoms with van der Waals surface area (Å²) in [7, 11) is 3.50. The predicted molar refractivity (Wildman–Crippen MR) is 266 cm³/mol. The fourth-order valence-electron chi connectivity index (χ4n) is 11.9. The molecular weight excluding hydrogens is 879 g/mol. The van der Waals surface area contributed by atoms with Gasteiger partial charge in [-0.25, -0.2) is 8.78 Å². The largest absolute Gasteiger partial charge is 0.378 e. The third kappa shape index (κ3) is 11.8. The van der Waals surface area contributed by atoms with Crippen LogP contribution in [0.3, 0.4) is 0 Å². The first-order valence-electron chi connectivity index (χ1n) is 26.1. The predicted octanol–water partition coefficient (Wildman–Crippen LogP) is 7.00. The van der Waals surface area contributed by atoms with Gasteiger partial charge >= 0.3 is 0 Å². The summed E-state index contributed by atoms with van der Waals surface area (Å²) >= 11 is 0. The molecule has 2 saturated heterocycles. The Balaban J connectivity index is 0.914. The van der Waals surface area contributed by atoms with E-state index in [4.69, 9.17) is 4.74 Å². The summed E-state index contributed by atoms with van der Waals surface area (Å²) in [5.74, 6) is -0.725. The number of nitrogens with zero attached hydrogens (tertiary/aromatic N) is 4. The molecule has 0 radical (unpaired) electrons. The van der Waals surface area contributed by atoms with Gasteiger partial charge < -0.3 is 44.9 Å². The van der Waals surface area contributed by atoms with Gasteiger partial charge in [0.1, 0.15) is 23.7 Å². The van der Waals surface area contributed by atoms with Crippen LogP contribution in [0.25, 0.3) is 21.8 Å². The van der Waals surface area contributed by atoms with Crippen LogP contribution in [0.2, 0.25) is 0 Å². The van der Waals surface area contributed by atoms with Gasteiger partial charge in [-0.3, -0.25) is 19.2 Å².